The minimum Gasteiger partial charge on any atom is -0.488 e. The molecule has 0 aliphatic heterocycles. The van der Waals surface area contributed by atoms with E-state index in [1.165, 1.54) is 0 Å². The van der Waals surface area contributed by atoms with E-state index in [2.05, 4.69) is 31.9 Å². The largest absolute Gasteiger partial charge is 0.488 e. The Balaban J connectivity index is 2.12. The molecule has 0 heterocycles. The van der Waals surface area contributed by atoms with Crippen LogP contribution in [0.5, 0.6) is 5.75 Å². The molecule has 0 unspecified atom stereocenters. The van der Waals surface area contributed by atoms with Crippen molar-refractivity contribution in [1.29, 1.82) is 0 Å². The highest BCUT2D eigenvalue weighted by Crippen LogP contribution is 2.34. The molecule has 0 radical (unpaired) electrons. The summed E-state index contributed by atoms with van der Waals surface area (Å²) in [4.78, 5) is 0. The highest BCUT2D eigenvalue weighted by Gasteiger charge is 2.06. The van der Waals surface area contributed by atoms with Crippen LogP contribution >= 0.6 is 43.5 Å². The summed E-state index contributed by atoms with van der Waals surface area (Å²) in [6.07, 6.45) is 0. The summed E-state index contributed by atoms with van der Waals surface area (Å²) >= 11 is 12.8. The summed E-state index contributed by atoms with van der Waals surface area (Å²) in [6, 6.07) is 13.7. The SMILES string of the molecule is Clc1cc(OCc2ccccc2)c(Br)cc1Br. The quantitative estimate of drug-likeness (QED) is 0.648. The molecule has 2 aromatic rings. The molecule has 0 amide bonds. The number of rotatable bonds is 3. The van der Waals surface area contributed by atoms with Crippen molar-refractivity contribution in [1.82, 2.24) is 0 Å². The first-order valence-corrected chi connectivity index (χ1v) is 6.94. The first-order chi connectivity index (χ1) is 8.16. The lowest BCUT2D eigenvalue weighted by molar-refractivity contribution is 0.304. The second-order valence-corrected chi connectivity index (χ2v) is 5.59. The molecule has 0 atom stereocenters. The second-order valence-electron chi connectivity index (χ2n) is 3.47. The third-order valence-electron chi connectivity index (χ3n) is 2.21. The maximum Gasteiger partial charge on any atom is 0.135 e. The zero-order chi connectivity index (χ0) is 12.3. The lowest BCUT2D eigenvalue weighted by Gasteiger charge is -2.09. The fourth-order valence-corrected chi connectivity index (χ4v) is 2.61. The maximum atomic E-state index is 6.02. The number of benzene rings is 2. The van der Waals surface area contributed by atoms with Gasteiger partial charge in [0.1, 0.15) is 12.4 Å². The highest BCUT2D eigenvalue weighted by molar-refractivity contribution is 9.11. The molecule has 0 saturated carbocycles. The average molecular weight is 376 g/mol. The Kier molecular flexibility index (Phi) is 4.48. The van der Waals surface area contributed by atoms with Gasteiger partial charge in [-0.3, -0.25) is 0 Å². The van der Waals surface area contributed by atoms with Gasteiger partial charge in [0.2, 0.25) is 0 Å². The Morgan fingerprint density at radius 1 is 1.00 bits per heavy atom. The summed E-state index contributed by atoms with van der Waals surface area (Å²) < 4.78 is 7.43. The van der Waals surface area contributed by atoms with Crippen LogP contribution in [0.4, 0.5) is 0 Å². The van der Waals surface area contributed by atoms with Crippen LogP contribution in [0, 0.1) is 0 Å². The number of halogens is 3. The monoisotopic (exact) mass is 374 g/mol. The van der Waals surface area contributed by atoms with E-state index in [-0.39, 0.29) is 0 Å². The molecule has 0 aromatic heterocycles. The lowest BCUT2D eigenvalue weighted by Crippen LogP contribution is -1.95. The van der Waals surface area contributed by atoms with E-state index in [0.29, 0.717) is 11.6 Å². The molecular weight excluding hydrogens is 367 g/mol. The van der Waals surface area contributed by atoms with E-state index in [1.54, 1.807) is 6.07 Å². The first-order valence-electron chi connectivity index (χ1n) is 4.98. The summed E-state index contributed by atoms with van der Waals surface area (Å²) in [5, 5.41) is 0.635. The topological polar surface area (TPSA) is 9.23 Å². The number of hydrogen-bond donors (Lipinski definition) is 0. The van der Waals surface area contributed by atoms with Crippen LogP contribution in [0.1, 0.15) is 5.56 Å². The third kappa shape index (κ3) is 3.47. The molecule has 0 N–H and O–H groups in total. The molecule has 0 aliphatic rings. The third-order valence-corrected chi connectivity index (χ3v) is 4.03. The predicted octanol–water partition coefficient (Wildman–Crippen LogP) is 5.44. The first kappa shape index (κ1) is 12.9. The van der Waals surface area contributed by atoms with Gasteiger partial charge in [-0.15, -0.1) is 0 Å². The van der Waals surface area contributed by atoms with Crippen molar-refractivity contribution in [2.24, 2.45) is 0 Å². The van der Waals surface area contributed by atoms with Crippen LogP contribution in [0.25, 0.3) is 0 Å². The maximum absolute atomic E-state index is 6.02. The van der Waals surface area contributed by atoms with E-state index >= 15 is 0 Å². The Labute approximate surface area is 122 Å². The Morgan fingerprint density at radius 2 is 1.71 bits per heavy atom. The van der Waals surface area contributed by atoms with Gasteiger partial charge in [0.15, 0.2) is 0 Å². The summed E-state index contributed by atoms with van der Waals surface area (Å²) in [6.45, 7) is 0.525. The van der Waals surface area contributed by atoms with E-state index in [9.17, 15) is 0 Å². The normalized spacial score (nSPS) is 10.3. The fraction of sp³-hybridized carbons (Fsp3) is 0.0769. The molecule has 0 aliphatic carbocycles. The second kappa shape index (κ2) is 5.89. The molecule has 2 rings (SSSR count). The van der Waals surface area contributed by atoms with E-state index in [0.717, 1.165) is 20.3 Å². The van der Waals surface area contributed by atoms with Gasteiger partial charge in [0.25, 0.3) is 0 Å². The van der Waals surface area contributed by atoms with Crippen molar-refractivity contribution in [2.45, 2.75) is 6.61 Å². The van der Waals surface area contributed by atoms with Crippen LogP contribution in [0.15, 0.2) is 51.4 Å². The van der Waals surface area contributed by atoms with Crippen LogP contribution < -0.4 is 4.74 Å². The molecule has 88 valence electrons. The molecule has 0 fully saturated rings. The molecule has 1 nitrogen and oxygen atoms in total. The van der Waals surface area contributed by atoms with Gasteiger partial charge in [-0.1, -0.05) is 41.9 Å². The van der Waals surface area contributed by atoms with Gasteiger partial charge in [0.05, 0.1) is 9.50 Å². The summed E-state index contributed by atoms with van der Waals surface area (Å²) in [7, 11) is 0. The predicted molar refractivity (Wildman–Crippen MR) is 77.6 cm³/mol. The van der Waals surface area contributed by atoms with Crippen molar-refractivity contribution < 1.29 is 4.74 Å². The molecular formula is C13H9Br2ClO. The van der Waals surface area contributed by atoms with Crippen molar-refractivity contribution in [3.8, 4) is 5.75 Å². The molecule has 17 heavy (non-hydrogen) atoms. The molecule has 2 aromatic carbocycles. The molecule has 4 heteroatoms. The van der Waals surface area contributed by atoms with Crippen molar-refractivity contribution in [3.63, 3.8) is 0 Å². The van der Waals surface area contributed by atoms with Gasteiger partial charge in [-0.2, -0.15) is 0 Å². The minimum absolute atomic E-state index is 0.525. The number of hydrogen-bond acceptors (Lipinski definition) is 1. The molecule has 0 saturated heterocycles. The van der Waals surface area contributed by atoms with Crippen LogP contribution in [0.3, 0.4) is 0 Å². The lowest BCUT2D eigenvalue weighted by atomic mass is 10.2. The zero-order valence-corrected chi connectivity index (χ0v) is 12.7. The zero-order valence-electron chi connectivity index (χ0n) is 8.79. The van der Waals surface area contributed by atoms with Crippen molar-refractivity contribution in [3.05, 3.63) is 62.0 Å². The smallest absolute Gasteiger partial charge is 0.135 e. The standard InChI is InChI=1S/C13H9Br2ClO/c14-10-6-11(15)13(7-12(10)16)17-8-9-4-2-1-3-5-9/h1-7H,8H2. The van der Waals surface area contributed by atoms with Gasteiger partial charge in [-0.05, 0) is 43.5 Å². The van der Waals surface area contributed by atoms with E-state index < -0.39 is 0 Å². The van der Waals surface area contributed by atoms with Gasteiger partial charge < -0.3 is 4.74 Å². The highest BCUT2D eigenvalue weighted by atomic mass is 79.9. The average Bonchev–Trinajstić information content (AvgIpc) is 2.33. The van der Waals surface area contributed by atoms with Crippen LogP contribution in [0.2, 0.25) is 5.02 Å². The summed E-state index contributed by atoms with van der Waals surface area (Å²) in [5.41, 5.74) is 1.12. The fourth-order valence-electron chi connectivity index (χ4n) is 1.35. The molecule has 0 spiro atoms. The van der Waals surface area contributed by atoms with Crippen LogP contribution in [-0.4, -0.2) is 0 Å². The Bertz CT molecular complexity index is 514. The molecule has 0 bridgehead atoms. The van der Waals surface area contributed by atoms with Crippen molar-refractivity contribution >= 4 is 43.5 Å². The van der Waals surface area contributed by atoms with Gasteiger partial charge in [-0.25, -0.2) is 0 Å². The van der Waals surface area contributed by atoms with Crippen molar-refractivity contribution in [2.75, 3.05) is 0 Å². The van der Waals surface area contributed by atoms with E-state index in [1.807, 2.05) is 36.4 Å². The van der Waals surface area contributed by atoms with E-state index in [4.69, 9.17) is 16.3 Å². The minimum atomic E-state index is 0.525. The van der Waals surface area contributed by atoms with Gasteiger partial charge in [0, 0.05) is 10.5 Å². The summed E-state index contributed by atoms with van der Waals surface area (Å²) in [5.74, 6) is 0.738. The Hall–Kier alpha value is -0.510. The Morgan fingerprint density at radius 3 is 2.41 bits per heavy atom. The van der Waals surface area contributed by atoms with Gasteiger partial charge >= 0.3 is 0 Å². The van der Waals surface area contributed by atoms with Crippen LogP contribution in [-0.2, 0) is 6.61 Å². The number of ether oxygens (including phenoxy) is 1.